The highest BCUT2D eigenvalue weighted by molar-refractivity contribution is 6.30. The number of fused-ring (bicyclic) bond motifs is 1. The molecule has 0 saturated heterocycles. The molecule has 0 aliphatic carbocycles. The SMILES string of the molecule is CCn1cnc2c1c(=O)n(CC(=O)Nc1cccc(Cl)c1)c(=O)n2Cc1ccccc1. The molecule has 158 valence electrons. The van der Waals surface area contributed by atoms with Crippen molar-refractivity contribution in [1.82, 2.24) is 18.7 Å². The monoisotopic (exact) mass is 437 g/mol. The molecule has 0 unspecified atom stereocenters. The van der Waals surface area contributed by atoms with Crippen molar-refractivity contribution >= 4 is 34.4 Å². The summed E-state index contributed by atoms with van der Waals surface area (Å²) in [5, 5.41) is 3.14. The quantitative estimate of drug-likeness (QED) is 0.502. The number of amides is 1. The number of benzene rings is 2. The van der Waals surface area contributed by atoms with Gasteiger partial charge in [0.25, 0.3) is 5.56 Å². The third-order valence-corrected chi connectivity index (χ3v) is 5.15. The number of imidazole rings is 1. The number of anilines is 1. The molecule has 0 bridgehead atoms. The number of hydrogen-bond donors (Lipinski definition) is 1. The van der Waals surface area contributed by atoms with Crippen LogP contribution < -0.4 is 16.6 Å². The number of aromatic nitrogens is 4. The summed E-state index contributed by atoms with van der Waals surface area (Å²) in [6.45, 7) is 2.18. The summed E-state index contributed by atoms with van der Waals surface area (Å²) >= 11 is 5.95. The molecule has 2 aromatic carbocycles. The van der Waals surface area contributed by atoms with Gasteiger partial charge in [-0.15, -0.1) is 0 Å². The van der Waals surface area contributed by atoms with Gasteiger partial charge in [-0.05, 0) is 30.7 Å². The number of aryl methyl sites for hydroxylation is 1. The van der Waals surface area contributed by atoms with Crippen LogP contribution in [0.15, 0.2) is 70.5 Å². The van der Waals surface area contributed by atoms with E-state index in [2.05, 4.69) is 10.3 Å². The molecular formula is C22H20ClN5O3. The Morgan fingerprint density at radius 1 is 1.06 bits per heavy atom. The van der Waals surface area contributed by atoms with E-state index in [1.165, 1.54) is 10.9 Å². The van der Waals surface area contributed by atoms with Crippen LogP contribution in [-0.4, -0.2) is 24.6 Å². The first kappa shape index (κ1) is 20.6. The van der Waals surface area contributed by atoms with E-state index in [1.807, 2.05) is 37.3 Å². The number of hydrogen-bond acceptors (Lipinski definition) is 4. The molecule has 2 aromatic heterocycles. The van der Waals surface area contributed by atoms with Gasteiger partial charge in [0.05, 0.1) is 12.9 Å². The highest BCUT2D eigenvalue weighted by Gasteiger charge is 2.19. The molecule has 0 radical (unpaired) electrons. The predicted molar refractivity (Wildman–Crippen MR) is 120 cm³/mol. The van der Waals surface area contributed by atoms with E-state index in [9.17, 15) is 14.4 Å². The molecule has 0 atom stereocenters. The van der Waals surface area contributed by atoms with Gasteiger partial charge in [0.1, 0.15) is 6.54 Å². The lowest BCUT2D eigenvalue weighted by Crippen LogP contribution is -2.43. The van der Waals surface area contributed by atoms with Gasteiger partial charge < -0.3 is 9.88 Å². The molecule has 9 heteroatoms. The Bertz CT molecular complexity index is 1370. The summed E-state index contributed by atoms with van der Waals surface area (Å²) in [4.78, 5) is 43.3. The molecular weight excluding hydrogens is 418 g/mol. The fourth-order valence-corrected chi connectivity index (χ4v) is 3.63. The van der Waals surface area contributed by atoms with Crippen LogP contribution in [0.25, 0.3) is 11.2 Å². The predicted octanol–water partition coefficient (Wildman–Crippen LogP) is 2.72. The van der Waals surface area contributed by atoms with Crippen LogP contribution in [0.5, 0.6) is 0 Å². The molecule has 0 aliphatic heterocycles. The van der Waals surface area contributed by atoms with Crippen molar-refractivity contribution in [2.75, 3.05) is 5.32 Å². The maximum Gasteiger partial charge on any atom is 0.333 e. The van der Waals surface area contributed by atoms with Crippen molar-refractivity contribution in [3.8, 4) is 0 Å². The lowest BCUT2D eigenvalue weighted by Gasteiger charge is -2.13. The zero-order valence-corrected chi connectivity index (χ0v) is 17.5. The van der Waals surface area contributed by atoms with Gasteiger partial charge in [-0.25, -0.2) is 14.3 Å². The minimum absolute atomic E-state index is 0.229. The van der Waals surface area contributed by atoms with E-state index in [1.54, 1.807) is 28.8 Å². The van der Waals surface area contributed by atoms with Crippen molar-refractivity contribution in [2.45, 2.75) is 26.6 Å². The molecule has 0 fully saturated rings. The second kappa shape index (κ2) is 8.61. The van der Waals surface area contributed by atoms with E-state index in [0.29, 0.717) is 22.9 Å². The Morgan fingerprint density at radius 3 is 2.55 bits per heavy atom. The summed E-state index contributed by atoms with van der Waals surface area (Å²) in [7, 11) is 0. The van der Waals surface area contributed by atoms with E-state index in [0.717, 1.165) is 10.1 Å². The molecule has 8 nitrogen and oxygen atoms in total. The number of carbonyl (C=O) groups excluding carboxylic acids is 1. The first-order valence-corrected chi connectivity index (χ1v) is 10.1. The summed E-state index contributed by atoms with van der Waals surface area (Å²) in [5.74, 6) is -0.505. The summed E-state index contributed by atoms with van der Waals surface area (Å²) in [5.41, 5.74) is 0.801. The van der Waals surface area contributed by atoms with Crippen LogP contribution in [0.3, 0.4) is 0 Å². The standard InChI is InChI=1S/C22H20ClN5O3/c1-2-26-14-24-20-19(26)21(30)28(13-18(29)25-17-10-6-9-16(23)11-17)22(31)27(20)12-15-7-4-3-5-8-15/h3-11,14H,2,12-13H2,1H3,(H,25,29). The zero-order valence-electron chi connectivity index (χ0n) is 16.8. The van der Waals surface area contributed by atoms with Gasteiger partial charge in [0.2, 0.25) is 5.91 Å². The number of nitrogens with zero attached hydrogens (tertiary/aromatic N) is 4. The van der Waals surface area contributed by atoms with E-state index in [4.69, 9.17) is 11.6 Å². The first-order chi connectivity index (χ1) is 15.0. The Kier molecular flexibility index (Phi) is 5.73. The average Bonchev–Trinajstić information content (AvgIpc) is 3.19. The van der Waals surface area contributed by atoms with Crippen molar-refractivity contribution in [3.63, 3.8) is 0 Å². The van der Waals surface area contributed by atoms with Crippen molar-refractivity contribution in [1.29, 1.82) is 0 Å². The smallest absolute Gasteiger partial charge is 0.325 e. The Labute approximate surface area is 182 Å². The Hall–Kier alpha value is -3.65. The Balaban J connectivity index is 1.78. The minimum Gasteiger partial charge on any atom is -0.325 e. The summed E-state index contributed by atoms with van der Waals surface area (Å²) < 4.78 is 4.04. The fraction of sp³-hybridized carbons (Fsp3) is 0.182. The topological polar surface area (TPSA) is 90.9 Å². The van der Waals surface area contributed by atoms with Gasteiger partial charge in [0.15, 0.2) is 11.2 Å². The second-order valence-electron chi connectivity index (χ2n) is 7.01. The second-order valence-corrected chi connectivity index (χ2v) is 7.44. The van der Waals surface area contributed by atoms with Gasteiger partial charge >= 0.3 is 5.69 Å². The van der Waals surface area contributed by atoms with Crippen LogP contribution in [0.4, 0.5) is 5.69 Å². The van der Waals surface area contributed by atoms with Crippen molar-refractivity contribution in [3.05, 3.63) is 92.3 Å². The van der Waals surface area contributed by atoms with Crippen LogP contribution in [0, 0.1) is 0 Å². The third-order valence-electron chi connectivity index (χ3n) is 4.92. The average molecular weight is 438 g/mol. The van der Waals surface area contributed by atoms with Crippen LogP contribution in [0.2, 0.25) is 5.02 Å². The minimum atomic E-state index is -0.594. The highest BCUT2D eigenvalue weighted by atomic mass is 35.5. The number of halogens is 1. The summed E-state index contributed by atoms with van der Waals surface area (Å²) in [6, 6.07) is 16.0. The fourth-order valence-electron chi connectivity index (χ4n) is 3.44. The van der Waals surface area contributed by atoms with Crippen LogP contribution >= 0.6 is 11.6 Å². The van der Waals surface area contributed by atoms with Crippen molar-refractivity contribution in [2.24, 2.45) is 0 Å². The number of rotatable bonds is 6. The molecule has 4 aromatic rings. The molecule has 4 rings (SSSR count). The van der Waals surface area contributed by atoms with E-state index < -0.39 is 23.7 Å². The van der Waals surface area contributed by atoms with Crippen molar-refractivity contribution < 1.29 is 4.79 Å². The maximum atomic E-state index is 13.2. The summed E-state index contributed by atoms with van der Waals surface area (Å²) in [6.07, 6.45) is 1.53. The van der Waals surface area contributed by atoms with Gasteiger partial charge in [0, 0.05) is 17.3 Å². The molecule has 1 amide bonds. The number of carbonyl (C=O) groups is 1. The Morgan fingerprint density at radius 2 is 1.84 bits per heavy atom. The molecule has 0 saturated carbocycles. The van der Waals surface area contributed by atoms with Crippen LogP contribution in [0.1, 0.15) is 12.5 Å². The first-order valence-electron chi connectivity index (χ1n) is 9.75. The third kappa shape index (κ3) is 4.15. The van der Waals surface area contributed by atoms with E-state index >= 15 is 0 Å². The van der Waals surface area contributed by atoms with Crippen LogP contribution in [-0.2, 0) is 24.4 Å². The van der Waals surface area contributed by atoms with Gasteiger partial charge in [-0.1, -0.05) is 48.0 Å². The van der Waals surface area contributed by atoms with E-state index in [-0.39, 0.29) is 12.1 Å². The highest BCUT2D eigenvalue weighted by Crippen LogP contribution is 2.15. The molecule has 2 heterocycles. The van der Waals surface area contributed by atoms with Gasteiger partial charge in [-0.2, -0.15) is 0 Å². The lowest BCUT2D eigenvalue weighted by atomic mass is 10.2. The maximum absolute atomic E-state index is 13.2. The molecule has 1 N–H and O–H groups in total. The number of nitrogens with one attached hydrogen (secondary N) is 1. The van der Waals surface area contributed by atoms with Gasteiger partial charge in [-0.3, -0.25) is 14.2 Å². The molecule has 0 spiro atoms. The molecule has 31 heavy (non-hydrogen) atoms. The lowest BCUT2D eigenvalue weighted by molar-refractivity contribution is -0.116. The zero-order chi connectivity index (χ0) is 22.0. The molecule has 0 aliphatic rings. The largest absolute Gasteiger partial charge is 0.333 e. The normalized spacial score (nSPS) is 11.0.